The molecule has 4 bridgehead atoms. The van der Waals surface area contributed by atoms with Crippen LogP contribution >= 0.6 is 0 Å². The fourth-order valence-corrected chi connectivity index (χ4v) is 6.13. The van der Waals surface area contributed by atoms with Crippen LogP contribution in [0.2, 0.25) is 0 Å². The summed E-state index contributed by atoms with van der Waals surface area (Å²) < 4.78 is 2.54. The fraction of sp³-hybridized carbons (Fsp3) is 0.778. The SMILES string of the molecule is CC(C1C2CC3CC(C2)CC1C3)n1cccc1CCN. The molecule has 4 fully saturated rings. The molecule has 4 aliphatic rings. The first kappa shape index (κ1) is 12.9. The molecule has 0 spiro atoms. The quantitative estimate of drug-likeness (QED) is 0.891. The van der Waals surface area contributed by atoms with Gasteiger partial charge in [0, 0.05) is 17.9 Å². The summed E-state index contributed by atoms with van der Waals surface area (Å²) in [5.74, 6) is 5.10. The monoisotopic (exact) mass is 272 g/mol. The lowest BCUT2D eigenvalue weighted by atomic mass is 9.50. The summed E-state index contributed by atoms with van der Waals surface area (Å²) >= 11 is 0. The third-order valence-corrected chi connectivity index (χ3v) is 6.56. The van der Waals surface area contributed by atoms with E-state index in [2.05, 4.69) is 29.8 Å². The molecule has 0 radical (unpaired) electrons. The van der Waals surface area contributed by atoms with Gasteiger partial charge in [-0.15, -0.1) is 0 Å². The second-order valence-corrected chi connectivity index (χ2v) is 7.69. The third kappa shape index (κ3) is 1.95. The van der Waals surface area contributed by atoms with E-state index in [1.54, 1.807) is 6.42 Å². The topological polar surface area (TPSA) is 30.9 Å². The molecule has 1 heterocycles. The Bertz CT molecular complexity index is 448. The van der Waals surface area contributed by atoms with E-state index in [0.29, 0.717) is 6.04 Å². The maximum Gasteiger partial charge on any atom is 0.0338 e. The van der Waals surface area contributed by atoms with Crippen LogP contribution in [0.4, 0.5) is 0 Å². The lowest BCUT2D eigenvalue weighted by Gasteiger charge is -2.56. The van der Waals surface area contributed by atoms with Gasteiger partial charge in [-0.1, -0.05) is 0 Å². The molecule has 4 aliphatic carbocycles. The van der Waals surface area contributed by atoms with E-state index in [0.717, 1.165) is 42.6 Å². The molecule has 1 aromatic heterocycles. The van der Waals surface area contributed by atoms with E-state index in [1.165, 1.54) is 31.4 Å². The van der Waals surface area contributed by atoms with Crippen molar-refractivity contribution in [1.82, 2.24) is 4.57 Å². The van der Waals surface area contributed by atoms with Crippen LogP contribution in [0, 0.1) is 29.6 Å². The van der Waals surface area contributed by atoms with Crippen LogP contribution in [0.1, 0.15) is 50.8 Å². The summed E-state index contributed by atoms with van der Waals surface area (Å²) in [7, 11) is 0. The van der Waals surface area contributed by atoms with E-state index in [4.69, 9.17) is 5.73 Å². The van der Waals surface area contributed by atoms with Gasteiger partial charge in [0.25, 0.3) is 0 Å². The molecule has 2 N–H and O–H groups in total. The van der Waals surface area contributed by atoms with Crippen LogP contribution in [0.3, 0.4) is 0 Å². The summed E-state index contributed by atoms with van der Waals surface area (Å²) in [4.78, 5) is 0. The number of hydrogen-bond donors (Lipinski definition) is 1. The van der Waals surface area contributed by atoms with Crippen LogP contribution in [0.5, 0.6) is 0 Å². The zero-order valence-electron chi connectivity index (χ0n) is 12.7. The Hall–Kier alpha value is -0.760. The van der Waals surface area contributed by atoms with E-state index in [9.17, 15) is 0 Å². The standard InChI is InChI=1S/C18H28N2/c1-12(20-6-2-3-17(20)4-5-19)18-15-8-13-7-14(10-15)11-16(18)9-13/h2-3,6,12-16,18H,4-5,7-11,19H2,1H3. The molecule has 0 aliphatic heterocycles. The molecule has 2 heteroatoms. The fourth-order valence-electron chi connectivity index (χ4n) is 6.13. The third-order valence-electron chi connectivity index (χ3n) is 6.56. The number of nitrogens with two attached hydrogens (primary N) is 1. The predicted molar refractivity (Wildman–Crippen MR) is 82.4 cm³/mol. The molecule has 110 valence electrons. The first-order chi connectivity index (χ1) is 9.76. The molecule has 20 heavy (non-hydrogen) atoms. The molecular formula is C18H28N2. The Morgan fingerprint density at radius 2 is 1.80 bits per heavy atom. The zero-order chi connectivity index (χ0) is 13.7. The first-order valence-electron chi connectivity index (χ1n) is 8.62. The van der Waals surface area contributed by atoms with Gasteiger partial charge in [0.05, 0.1) is 0 Å². The van der Waals surface area contributed by atoms with Crippen molar-refractivity contribution < 1.29 is 0 Å². The van der Waals surface area contributed by atoms with Gasteiger partial charge in [-0.05, 0) is 93.7 Å². The molecule has 1 unspecified atom stereocenters. The summed E-state index contributed by atoms with van der Waals surface area (Å²) in [6, 6.07) is 5.14. The van der Waals surface area contributed by atoms with Crippen molar-refractivity contribution >= 4 is 0 Å². The van der Waals surface area contributed by atoms with Crippen molar-refractivity contribution in [3.63, 3.8) is 0 Å². The summed E-state index contributed by atoms with van der Waals surface area (Å²) in [6.07, 6.45) is 11.0. The highest BCUT2D eigenvalue weighted by molar-refractivity contribution is 5.11. The molecular weight excluding hydrogens is 244 g/mol. The number of aromatic nitrogens is 1. The van der Waals surface area contributed by atoms with Gasteiger partial charge in [0.1, 0.15) is 0 Å². The van der Waals surface area contributed by atoms with Crippen LogP contribution < -0.4 is 5.73 Å². The predicted octanol–water partition coefficient (Wildman–Crippen LogP) is 3.62. The lowest BCUT2D eigenvalue weighted by Crippen LogP contribution is -2.47. The van der Waals surface area contributed by atoms with Crippen molar-refractivity contribution in [2.75, 3.05) is 6.54 Å². The molecule has 0 amide bonds. The normalized spacial score (nSPS) is 40.2. The summed E-state index contributed by atoms with van der Waals surface area (Å²) in [5, 5.41) is 0. The van der Waals surface area contributed by atoms with E-state index < -0.39 is 0 Å². The zero-order valence-corrected chi connectivity index (χ0v) is 12.7. The maximum absolute atomic E-state index is 5.77. The Balaban J connectivity index is 1.59. The Labute approximate surface area is 122 Å². The average molecular weight is 272 g/mol. The van der Waals surface area contributed by atoms with Crippen molar-refractivity contribution in [3.05, 3.63) is 24.0 Å². The average Bonchev–Trinajstić information content (AvgIpc) is 2.86. The van der Waals surface area contributed by atoms with Crippen LogP contribution in [0.15, 0.2) is 18.3 Å². The molecule has 4 saturated carbocycles. The van der Waals surface area contributed by atoms with Crippen LogP contribution in [-0.4, -0.2) is 11.1 Å². The molecule has 0 aromatic carbocycles. The second kappa shape index (κ2) is 4.91. The van der Waals surface area contributed by atoms with Crippen molar-refractivity contribution in [2.45, 2.75) is 51.5 Å². The van der Waals surface area contributed by atoms with Gasteiger partial charge >= 0.3 is 0 Å². The van der Waals surface area contributed by atoms with Crippen molar-refractivity contribution in [1.29, 1.82) is 0 Å². The molecule has 1 atom stereocenters. The van der Waals surface area contributed by atoms with E-state index in [1.807, 2.05) is 0 Å². The van der Waals surface area contributed by atoms with Gasteiger partial charge in [0.15, 0.2) is 0 Å². The molecule has 0 saturated heterocycles. The first-order valence-corrected chi connectivity index (χ1v) is 8.62. The number of rotatable bonds is 4. The minimum absolute atomic E-state index is 0.668. The van der Waals surface area contributed by atoms with E-state index >= 15 is 0 Å². The highest BCUT2D eigenvalue weighted by Crippen LogP contribution is 2.59. The largest absolute Gasteiger partial charge is 0.348 e. The van der Waals surface area contributed by atoms with Gasteiger partial charge in [-0.25, -0.2) is 0 Å². The highest BCUT2D eigenvalue weighted by Gasteiger charge is 2.49. The molecule has 2 nitrogen and oxygen atoms in total. The van der Waals surface area contributed by atoms with Gasteiger partial charge in [0.2, 0.25) is 0 Å². The Morgan fingerprint density at radius 3 is 2.40 bits per heavy atom. The van der Waals surface area contributed by atoms with Crippen molar-refractivity contribution in [3.8, 4) is 0 Å². The smallest absolute Gasteiger partial charge is 0.0338 e. The van der Waals surface area contributed by atoms with Crippen LogP contribution in [-0.2, 0) is 6.42 Å². The summed E-state index contributed by atoms with van der Waals surface area (Å²) in [5.41, 5.74) is 7.21. The highest BCUT2D eigenvalue weighted by atomic mass is 15.0. The van der Waals surface area contributed by atoms with Gasteiger partial charge < -0.3 is 10.3 Å². The minimum Gasteiger partial charge on any atom is -0.348 e. The maximum atomic E-state index is 5.77. The van der Waals surface area contributed by atoms with Gasteiger partial charge in [-0.3, -0.25) is 0 Å². The Kier molecular flexibility index (Phi) is 3.17. The van der Waals surface area contributed by atoms with E-state index in [-0.39, 0.29) is 0 Å². The Morgan fingerprint density at radius 1 is 1.15 bits per heavy atom. The van der Waals surface area contributed by atoms with Crippen LogP contribution in [0.25, 0.3) is 0 Å². The number of hydrogen-bond acceptors (Lipinski definition) is 1. The lowest BCUT2D eigenvalue weighted by molar-refractivity contribution is -0.0556. The summed E-state index contributed by atoms with van der Waals surface area (Å²) in [6.45, 7) is 3.23. The molecule has 1 aromatic rings. The van der Waals surface area contributed by atoms with Crippen molar-refractivity contribution in [2.24, 2.45) is 35.3 Å². The molecule has 5 rings (SSSR count). The minimum atomic E-state index is 0.668. The van der Waals surface area contributed by atoms with Gasteiger partial charge in [-0.2, -0.15) is 0 Å². The second-order valence-electron chi connectivity index (χ2n) is 7.69. The number of nitrogens with zero attached hydrogens (tertiary/aromatic N) is 1.